The van der Waals surface area contributed by atoms with E-state index in [1.165, 1.54) is 7.11 Å². The average molecular weight is 379 g/mol. The lowest BCUT2D eigenvalue weighted by Gasteiger charge is -2.01. The number of esters is 1. The monoisotopic (exact) mass is 377 g/mol. The minimum absolute atomic E-state index is 0.190. The van der Waals surface area contributed by atoms with Crippen molar-refractivity contribution in [2.75, 3.05) is 13.7 Å². The summed E-state index contributed by atoms with van der Waals surface area (Å²) < 4.78 is 12.8. The van der Waals surface area contributed by atoms with Gasteiger partial charge in [-0.2, -0.15) is 0 Å². The molecule has 0 aromatic carbocycles. The number of halogens is 2. The largest absolute Gasteiger partial charge is 0.478 e. The normalized spacial score (nSPS) is 10.7. The standard InChI is InChI=1S/C10H9Br2N3O3/c1-3-18-10(16)6-7(12)15-4-5(11)13-9(17-2)8(15)14-6/h4H,3H2,1-2H3. The van der Waals surface area contributed by atoms with Crippen molar-refractivity contribution < 1.29 is 14.3 Å². The molecule has 2 heterocycles. The van der Waals surface area contributed by atoms with Crippen LogP contribution in [0, 0.1) is 0 Å². The van der Waals surface area contributed by atoms with Gasteiger partial charge in [0, 0.05) is 6.20 Å². The van der Waals surface area contributed by atoms with Gasteiger partial charge in [0.15, 0.2) is 5.69 Å². The average Bonchev–Trinajstić information content (AvgIpc) is 2.67. The van der Waals surface area contributed by atoms with E-state index >= 15 is 0 Å². The molecule has 0 bridgehead atoms. The molecule has 0 amide bonds. The number of imidazole rings is 1. The molecule has 0 unspecified atom stereocenters. The molecule has 6 nitrogen and oxygen atoms in total. The molecule has 0 aliphatic rings. The van der Waals surface area contributed by atoms with Crippen LogP contribution in [0.4, 0.5) is 0 Å². The van der Waals surface area contributed by atoms with Crippen LogP contribution in [0.25, 0.3) is 5.65 Å². The predicted molar refractivity (Wildman–Crippen MR) is 70.9 cm³/mol. The molecule has 0 aliphatic carbocycles. The molecular weight excluding hydrogens is 370 g/mol. The molecule has 0 spiro atoms. The van der Waals surface area contributed by atoms with Crippen molar-refractivity contribution in [3.63, 3.8) is 0 Å². The summed E-state index contributed by atoms with van der Waals surface area (Å²) in [7, 11) is 1.49. The third kappa shape index (κ3) is 2.22. The molecule has 0 atom stereocenters. The van der Waals surface area contributed by atoms with Crippen molar-refractivity contribution in [3.05, 3.63) is 21.1 Å². The second-order valence-corrected chi connectivity index (χ2v) is 4.80. The Bertz CT molecular complexity index is 612. The number of ether oxygens (including phenoxy) is 2. The SMILES string of the molecule is CCOC(=O)c1nc2c(OC)nc(Br)cn2c1Br. The summed E-state index contributed by atoms with van der Waals surface area (Å²) in [6, 6.07) is 0. The molecule has 96 valence electrons. The highest BCUT2D eigenvalue weighted by molar-refractivity contribution is 9.10. The van der Waals surface area contributed by atoms with Crippen LogP contribution < -0.4 is 4.74 Å². The molecule has 2 aromatic rings. The first-order valence-corrected chi connectivity index (χ1v) is 6.62. The summed E-state index contributed by atoms with van der Waals surface area (Å²) in [5, 5.41) is 0. The zero-order valence-corrected chi connectivity index (χ0v) is 12.8. The maximum Gasteiger partial charge on any atom is 0.359 e. The molecule has 8 heteroatoms. The highest BCUT2D eigenvalue weighted by atomic mass is 79.9. The van der Waals surface area contributed by atoms with E-state index in [0.717, 1.165) is 0 Å². The number of carbonyl (C=O) groups is 1. The summed E-state index contributed by atoms with van der Waals surface area (Å²) in [6.45, 7) is 2.03. The molecule has 0 fully saturated rings. The lowest BCUT2D eigenvalue weighted by molar-refractivity contribution is 0.0519. The minimum Gasteiger partial charge on any atom is -0.478 e. The number of hydrogen-bond acceptors (Lipinski definition) is 5. The summed E-state index contributed by atoms with van der Waals surface area (Å²) in [5.74, 6) is -0.174. The molecule has 18 heavy (non-hydrogen) atoms. The summed E-state index contributed by atoms with van der Waals surface area (Å²) in [5.41, 5.74) is 0.630. The van der Waals surface area contributed by atoms with E-state index in [-0.39, 0.29) is 12.3 Å². The quantitative estimate of drug-likeness (QED) is 0.767. The van der Waals surface area contributed by atoms with Crippen LogP contribution in [-0.2, 0) is 4.74 Å². The summed E-state index contributed by atoms with van der Waals surface area (Å²) in [4.78, 5) is 20.0. The van der Waals surface area contributed by atoms with Gasteiger partial charge in [0.2, 0.25) is 5.65 Å². The fraction of sp³-hybridized carbons (Fsp3) is 0.300. The van der Waals surface area contributed by atoms with Crippen LogP contribution in [0.1, 0.15) is 17.4 Å². The lowest BCUT2D eigenvalue weighted by atomic mass is 10.5. The van der Waals surface area contributed by atoms with Gasteiger partial charge in [-0.15, -0.1) is 0 Å². The zero-order chi connectivity index (χ0) is 13.3. The minimum atomic E-state index is -0.494. The number of carbonyl (C=O) groups excluding carboxylic acids is 1. The molecule has 2 rings (SSSR count). The van der Waals surface area contributed by atoms with Crippen LogP contribution >= 0.6 is 31.9 Å². The van der Waals surface area contributed by atoms with E-state index in [0.29, 0.717) is 20.7 Å². The maximum atomic E-state index is 11.7. The number of fused-ring (bicyclic) bond motifs is 1. The third-order valence-electron chi connectivity index (χ3n) is 2.15. The molecule has 0 N–H and O–H groups in total. The first-order chi connectivity index (χ1) is 8.58. The molecule has 0 radical (unpaired) electrons. The molecular formula is C10H9Br2N3O3. The smallest absolute Gasteiger partial charge is 0.359 e. The van der Waals surface area contributed by atoms with Gasteiger partial charge in [0.1, 0.15) is 9.21 Å². The Morgan fingerprint density at radius 1 is 1.44 bits per heavy atom. The van der Waals surface area contributed by atoms with Crippen molar-refractivity contribution >= 4 is 43.5 Å². The Morgan fingerprint density at radius 2 is 2.17 bits per heavy atom. The van der Waals surface area contributed by atoms with Crippen molar-refractivity contribution in [3.8, 4) is 5.88 Å². The van der Waals surface area contributed by atoms with E-state index in [1.807, 2.05) is 0 Å². The Kier molecular flexibility index (Phi) is 3.86. The van der Waals surface area contributed by atoms with E-state index in [2.05, 4.69) is 41.8 Å². The molecule has 2 aromatic heterocycles. The number of nitrogens with zero attached hydrogens (tertiary/aromatic N) is 3. The number of aromatic nitrogens is 3. The van der Waals surface area contributed by atoms with Crippen molar-refractivity contribution in [1.29, 1.82) is 0 Å². The van der Waals surface area contributed by atoms with Crippen LogP contribution in [0.3, 0.4) is 0 Å². The van der Waals surface area contributed by atoms with Crippen LogP contribution in [-0.4, -0.2) is 34.1 Å². The van der Waals surface area contributed by atoms with Gasteiger partial charge in [0.05, 0.1) is 13.7 Å². The van der Waals surface area contributed by atoms with Gasteiger partial charge in [-0.05, 0) is 38.8 Å². The van der Waals surface area contributed by atoms with E-state index in [1.54, 1.807) is 17.5 Å². The Labute approximate surface area is 120 Å². The van der Waals surface area contributed by atoms with Gasteiger partial charge in [0.25, 0.3) is 5.88 Å². The van der Waals surface area contributed by atoms with Crippen molar-refractivity contribution in [2.45, 2.75) is 6.92 Å². The molecule has 0 saturated heterocycles. The van der Waals surface area contributed by atoms with E-state index in [4.69, 9.17) is 9.47 Å². The highest BCUT2D eigenvalue weighted by Crippen LogP contribution is 2.26. The summed E-state index contributed by atoms with van der Waals surface area (Å²) >= 11 is 6.57. The fourth-order valence-corrected chi connectivity index (χ4v) is 2.32. The first kappa shape index (κ1) is 13.3. The summed E-state index contributed by atoms with van der Waals surface area (Å²) in [6.07, 6.45) is 1.68. The maximum absolute atomic E-state index is 11.7. The fourth-order valence-electron chi connectivity index (χ4n) is 1.43. The molecule has 0 saturated carbocycles. The highest BCUT2D eigenvalue weighted by Gasteiger charge is 2.21. The Balaban J connectivity index is 2.65. The van der Waals surface area contributed by atoms with Gasteiger partial charge >= 0.3 is 5.97 Å². The predicted octanol–water partition coefficient (Wildman–Crippen LogP) is 2.44. The first-order valence-electron chi connectivity index (χ1n) is 5.03. The number of hydrogen-bond donors (Lipinski definition) is 0. The Hall–Kier alpha value is -1.15. The third-order valence-corrected chi connectivity index (χ3v) is 3.29. The lowest BCUT2D eigenvalue weighted by Crippen LogP contribution is -2.05. The van der Waals surface area contributed by atoms with Gasteiger partial charge in [-0.1, -0.05) is 0 Å². The topological polar surface area (TPSA) is 65.7 Å². The second-order valence-electron chi connectivity index (χ2n) is 3.24. The Morgan fingerprint density at radius 3 is 2.78 bits per heavy atom. The van der Waals surface area contributed by atoms with Gasteiger partial charge in [-0.3, -0.25) is 4.40 Å². The van der Waals surface area contributed by atoms with Gasteiger partial charge < -0.3 is 9.47 Å². The molecule has 0 aliphatic heterocycles. The number of rotatable bonds is 3. The van der Waals surface area contributed by atoms with Crippen LogP contribution in [0.5, 0.6) is 5.88 Å². The van der Waals surface area contributed by atoms with Crippen molar-refractivity contribution in [2.24, 2.45) is 0 Å². The van der Waals surface area contributed by atoms with Crippen LogP contribution in [0.15, 0.2) is 15.4 Å². The van der Waals surface area contributed by atoms with Crippen LogP contribution in [0.2, 0.25) is 0 Å². The zero-order valence-electron chi connectivity index (χ0n) is 9.61. The number of methoxy groups -OCH3 is 1. The van der Waals surface area contributed by atoms with E-state index < -0.39 is 5.97 Å². The second kappa shape index (κ2) is 5.23. The van der Waals surface area contributed by atoms with Crippen molar-refractivity contribution in [1.82, 2.24) is 14.4 Å². The van der Waals surface area contributed by atoms with E-state index in [9.17, 15) is 4.79 Å². The van der Waals surface area contributed by atoms with Gasteiger partial charge in [-0.25, -0.2) is 14.8 Å².